The molecule has 4 aromatic rings. The van der Waals surface area contributed by atoms with E-state index in [1.165, 1.54) is 16.3 Å². The van der Waals surface area contributed by atoms with E-state index in [9.17, 15) is 0 Å². The Labute approximate surface area is 132 Å². The number of benzene rings is 2. The molecule has 0 aliphatic carbocycles. The van der Waals surface area contributed by atoms with Crippen LogP contribution in [0.15, 0.2) is 30.3 Å². The predicted molar refractivity (Wildman–Crippen MR) is 91.7 cm³/mol. The summed E-state index contributed by atoms with van der Waals surface area (Å²) >= 11 is 12.7. The van der Waals surface area contributed by atoms with Crippen LogP contribution >= 0.6 is 23.2 Å². The summed E-state index contributed by atoms with van der Waals surface area (Å²) in [6.45, 7) is 5.08. The first-order valence-electron chi connectivity index (χ1n) is 6.99. The number of aryl methyl sites for hydroxylation is 2. The van der Waals surface area contributed by atoms with Crippen molar-refractivity contribution < 1.29 is 0 Å². The molecule has 106 valence electrons. The summed E-state index contributed by atoms with van der Waals surface area (Å²) in [6.07, 6.45) is 0. The smallest absolute Gasteiger partial charge is 0.0681 e. The van der Waals surface area contributed by atoms with Gasteiger partial charge in [0, 0.05) is 44.5 Å². The van der Waals surface area contributed by atoms with Gasteiger partial charge in [0.25, 0.3) is 0 Å². The summed E-state index contributed by atoms with van der Waals surface area (Å²) in [5.41, 5.74) is 4.56. The van der Waals surface area contributed by atoms with Gasteiger partial charge in [0.15, 0.2) is 0 Å². The molecule has 0 saturated heterocycles. The first kappa shape index (κ1) is 13.1. The molecular formula is C17H14Cl2N2. The number of rotatable bonds is 1. The van der Waals surface area contributed by atoms with E-state index in [0.29, 0.717) is 10.0 Å². The molecular weight excluding hydrogens is 303 g/mol. The Kier molecular flexibility index (Phi) is 2.75. The normalized spacial score (nSPS) is 12.0. The molecule has 21 heavy (non-hydrogen) atoms. The van der Waals surface area contributed by atoms with Gasteiger partial charge in [-0.1, -0.05) is 23.2 Å². The maximum atomic E-state index is 6.46. The molecule has 2 aromatic carbocycles. The second-order valence-electron chi connectivity index (χ2n) is 5.40. The molecule has 0 saturated carbocycles. The van der Waals surface area contributed by atoms with E-state index in [1.807, 2.05) is 12.1 Å². The van der Waals surface area contributed by atoms with Gasteiger partial charge in [-0.15, -0.1) is 0 Å². The minimum atomic E-state index is 0.673. The van der Waals surface area contributed by atoms with Crippen LogP contribution in [0.3, 0.4) is 0 Å². The Morgan fingerprint density at radius 2 is 1.90 bits per heavy atom. The average molecular weight is 317 g/mol. The summed E-state index contributed by atoms with van der Waals surface area (Å²) in [5.74, 6) is 0. The quantitative estimate of drug-likeness (QED) is 0.450. The van der Waals surface area contributed by atoms with E-state index in [4.69, 9.17) is 23.2 Å². The summed E-state index contributed by atoms with van der Waals surface area (Å²) in [4.78, 5) is 3.40. The van der Waals surface area contributed by atoms with Gasteiger partial charge in [-0.25, -0.2) is 0 Å². The number of aromatic amines is 1. The van der Waals surface area contributed by atoms with Crippen molar-refractivity contribution in [1.29, 1.82) is 0 Å². The van der Waals surface area contributed by atoms with Crippen molar-refractivity contribution in [2.45, 2.75) is 20.4 Å². The van der Waals surface area contributed by atoms with Crippen molar-refractivity contribution in [3.63, 3.8) is 0 Å². The molecule has 0 fully saturated rings. The second kappa shape index (κ2) is 4.43. The van der Waals surface area contributed by atoms with Crippen LogP contribution in [0, 0.1) is 6.92 Å². The lowest BCUT2D eigenvalue weighted by molar-refractivity contribution is 0.827. The summed E-state index contributed by atoms with van der Waals surface area (Å²) in [6, 6.07) is 10.3. The highest BCUT2D eigenvalue weighted by atomic mass is 35.5. The van der Waals surface area contributed by atoms with Crippen molar-refractivity contribution in [3.8, 4) is 0 Å². The lowest BCUT2D eigenvalue weighted by Crippen LogP contribution is -1.93. The van der Waals surface area contributed by atoms with Gasteiger partial charge in [0.05, 0.1) is 10.5 Å². The van der Waals surface area contributed by atoms with Crippen LogP contribution in [0.4, 0.5) is 0 Å². The van der Waals surface area contributed by atoms with Crippen LogP contribution in [0.5, 0.6) is 0 Å². The van der Waals surface area contributed by atoms with Crippen LogP contribution < -0.4 is 0 Å². The molecule has 0 spiro atoms. The first-order chi connectivity index (χ1) is 10.1. The molecule has 0 unspecified atom stereocenters. The molecule has 2 heterocycles. The van der Waals surface area contributed by atoms with Crippen LogP contribution in [-0.4, -0.2) is 9.55 Å². The van der Waals surface area contributed by atoms with Crippen molar-refractivity contribution in [3.05, 3.63) is 46.1 Å². The molecule has 0 radical (unpaired) electrons. The zero-order valence-electron chi connectivity index (χ0n) is 11.8. The fourth-order valence-corrected chi connectivity index (χ4v) is 3.92. The molecule has 0 aliphatic heterocycles. The highest BCUT2D eigenvalue weighted by Gasteiger charge is 2.16. The van der Waals surface area contributed by atoms with E-state index < -0.39 is 0 Å². The van der Waals surface area contributed by atoms with Crippen molar-refractivity contribution >= 4 is 55.9 Å². The standard InChI is InChI=1S/C17H14Cl2N2/c1-3-21-15-5-4-14-11(6-9(2)20-14)16(15)12-7-10(18)8-13(19)17(12)21/h4-8,20H,3H2,1-2H3. The van der Waals surface area contributed by atoms with Gasteiger partial charge in [-0.3, -0.25) is 0 Å². The number of H-pyrrole nitrogens is 1. The van der Waals surface area contributed by atoms with Gasteiger partial charge in [-0.05, 0) is 44.2 Å². The van der Waals surface area contributed by atoms with Gasteiger partial charge in [0.1, 0.15) is 0 Å². The predicted octanol–water partition coefficient (Wildman–Crippen LogP) is 5.91. The third-order valence-corrected chi connectivity index (χ3v) is 4.60. The number of nitrogens with zero attached hydrogens (tertiary/aromatic N) is 1. The fraction of sp³-hybridized carbons (Fsp3) is 0.176. The molecule has 1 N–H and O–H groups in total. The van der Waals surface area contributed by atoms with Crippen molar-refractivity contribution in [1.82, 2.24) is 9.55 Å². The lowest BCUT2D eigenvalue weighted by Gasteiger charge is -2.04. The van der Waals surface area contributed by atoms with Crippen LogP contribution in [0.25, 0.3) is 32.7 Å². The molecule has 2 aromatic heterocycles. The second-order valence-corrected chi connectivity index (χ2v) is 6.24. The number of hydrogen-bond acceptors (Lipinski definition) is 0. The Balaban J connectivity index is 2.37. The van der Waals surface area contributed by atoms with E-state index in [2.05, 4.69) is 41.6 Å². The molecule has 0 amide bonds. The Morgan fingerprint density at radius 3 is 2.67 bits per heavy atom. The highest BCUT2D eigenvalue weighted by molar-refractivity contribution is 6.40. The topological polar surface area (TPSA) is 20.7 Å². The maximum absolute atomic E-state index is 6.46. The average Bonchev–Trinajstić information content (AvgIpc) is 2.95. The molecule has 4 heteroatoms. The van der Waals surface area contributed by atoms with Crippen LogP contribution in [-0.2, 0) is 6.54 Å². The highest BCUT2D eigenvalue weighted by Crippen LogP contribution is 2.39. The summed E-state index contributed by atoms with van der Waals surface area (Å²) < 4.78 is 2.26. The lowest BCUT2D eigenvalue weighted by atomic mass is 10.1. The van der Waals surface area contributed by atoms with E-state index in [1.54, 1.807) is 0 Å². The Hall–Kier alpha value is -1.64. The molecule has 0 aliphatic rings. The third-order valence-electron chi connectivity index (χ3n) is 4.09. The Bertz CT molecular complexity index is 1010. The van der Waals surface area contributed by atoms with Crippen molar-refractivity contribution in [2.75, 3.05) is 0 Å². The molecule has 2 nitrogen and oxygen atoms in total. The first-order valence-corrected chi connectivity index (χ1v) is 7.75. The fourth-order valence-electron chi connectivity index (χ4n) is 3.32. The van der Waals surface area contributed by atoms with Crippen molar-refractivity contribution in [2.24, 2.45) is 0 Å². The van der Waals surface area contributed by atoms with Crippen LogP contribution in [0.1, 0.15) is 12.6 Å². The summed E-state index contributed by atoms with van der Waals surface area (Å²) in [5, 5.41) is 4.94. The summed E-state index contributed by atoms with van der Waals surface area (Å²) in [7, 11) is 0. The largest absolute Gasteiger partial charge is 0.359 e. The minimum absolute atomic E-state index is 0.673. The van der Waals surface area contributed by atoms with Gasteiger partial charge >= 0.3 is 0 Å². The Morgan fingerprint density at radius 1 is 1.10 bits per heavy atom. The van der Waals surface area contributed by atoms with E-state index in [0.717, 1.165) is 28.7 Å². The number of hydrogen-bond donors (Lipinski definition) is 1. The number of fused-ring (bicyclic) bond motifs is 5. The van der Waals surface area contributed by atoms with E-state index >= 15 is 0 Å². The number of nitrogens with one attached hydrogen (secondary N) is 1. The maximum Gasteiger partial charge on any atom is 0.0681 e. The monoisotopic (exact) mass is 316 g/mol. The van der Waals surface area contributed by atoms with Crippen LogP contribution in [0.2, 0.25) is 10.0 Å². The third kappa shape index (κ3) is 1.73. The molecule has 0 atom stereocenters. The number of halogens is 2. The zero-order valence-corrected chi connectivity index (χ0v) is 13.3. The minimum Gasteiger partial charge on any atom is -0.359 e. The SMILES string of the molecule is CCn1c2ccc3[nH]c(C)cc3c2c2cc(Cl)cc(Cl)c21. The molecule has 0 bridgehead atoms. The number of aromatic nitrogens is 2. The van der Waals surface area contributed by atoms with Gasteiger partial charge in [0.2, 0.25) is 0 Å². The van der Waals surface area contributed by atoms with Gasteiger partial charge < -0.3 is 9.55 Å². The molecule has 4 rings (SSSR count). The van der Waals surface area contributed by atoms with E-state index in [-0.39, 0.29) is 0 Å². The van der Waals surface area contributed by atoms with Gasteiger partial charge in [-0.2, -0.15) is 0 Å². The zero-order chi connectivity index (χ0) is 14.7.